The molecule has 1 aromatic carbocycles. The molecule has 0 fully saturated rings. The number of aromatic nitrogens is 2. The molecule has 0 radical (unpaired) electrons. The van der Waals surface area contributed by atoms with Crippen LogP contribution >= 0.6 is 11.6 Å². The van der Waals surface area contributed by atoms with Crippen LogP contribution in [0.2, 0.25) is 0 Å². The molecule has 0 aliphatic heterocycles. The minimum atomic E-state index is -0.408. The van der Waals surface area contributed by atoms with Crippen molar-refractivity contribution in [3.63, 3.8) is 0 Å². The van der Waals surface area contributed by atoms with Gasteiger partial charge in [0.2, 0.25) is 0 Å². The van der Waals surface area contributed by atoms with Crippen LogP contribution in [0.5, 0.6) is 0 Å². The lowest BCUT2D eigenvalue weighted by atomic mass is 10.1. The first-order valence-corrected chi connectivity index (χ1v) is 7.73. The van der Waals surface area contributed by atoms with Crippen LogP contribution in [-0.4, -0.2) is 21.6 Å². The van der Waals surface area contributed by atoms with Crippen molar-refractivity contribution < 1.29 is 4.79 Å². The molecule has 0 saturated heterocycles. The van der Waals surface area contributed by atoms with Gasteiger partial charge < -0.3 is 5.32 Å². The van der Waals surface area contributed by atoms with E-state index in [-0.39, 0.29) is 11.6 Å². The zero-order chi connectivity index (χ0) is 16.7. The van der Waals surface area contributed by atoms with Crippen LogP contribution < -0.4 is 5.32 Å². The predicted molar refractivity (Wildman–Crippen MR) is 89.5 cm³/mol. The second-order valence-electron chi connectivity index (χ2n) is 5.00. The molecule has 1 aromatic heterocycles. The number of nitrogens with one attached hydrogen (secondary N) is 1. The van der Waals surface area contributed by atoms with Gasteiger partial charge in [-0.1, -0.05) is 30.3 Å². The molecular weight excluding hydrogens is 312 g/mol. The lowest BCUT2D eigenvalue weighted by Crippen LogP contribution is -2.27. The number of benzene rings is 1. The van der Waals surface area contributed by atoms with Gasteiger partial charge in [-0.05, 0) is 18.6 Å². The van der Waals surface area contributed by atoms with Crippen LogP contribution in [0.3, 0.4) is 0 Å². The first-order chi connectivity index (χ1) is 11.1. The van der Waals surface area contributed by atoms with Gasteiger partial charge in [0.1, 0.15) is 11.6 Å². The van der Waals surface area contributed by atoms with E-state index in [4.69, 9.17) is 11.6 Å². The SMILES string of the molecule is CC(NC(=O)/C(C#N)=C\c1cnn(CCCl)c1)c1ccccc1. The molecule has 0 bridgehead atoms. The minimum Gasteiger partial charge on any atom is -0.345 e. The van der Waals surface area contributed by atoms with Crippen molar-refractivity contribution in [3.8, 4) is 6.07 Å². The number of nitriles is 1. The number of aryl methyl sites for hydroxylation is 1. The van der Waals surface area contributed by atoms with Crippen LogP contribution in [0.4, 0.5) is 0 Å². The molecule has 118 valence electrons. The maximum absolute atomic E-state index is 12.2. The fraction of sp³-hybridized carbons (Fsp3) is 0.235. The van der Waals surface area contributed by atoms with Crippen LogP contribution in [0, 0.1) is 11.3 Å². The molecule has 0 saturated carbocycles. The normalized spacial score (nSPS) is 12.5. The average molecular weight is 329 g/mol. The molecule has 1 unspecified atom stereocenters. The van der Waals surface area contributed by atoms with E-state index >= 15 is 0 Å². The standard InChI is InChI=1S/C17H17ClN4O/c1-13(15-5-3-2-4-6-15)21-17(23)16(10-19)9-14-11-20-22(12-14)8-7-18/h2-6,9,11-13H,7-8H2,1H3,(H,21,23)/b16-9-. The molecule has 5 nitrogen and oxygen atoms in total. The third kappa shape index (κ3) is 4.70. The van der Waals surface area contributed by atoms with Crippen molar-refractivity contribution >= 4 is 23.6 Å². The summed E-state index contributed by atoms with van der Waals surface area (Å²) in [5.74, 6) is 0.0410. The summed E-state index contributed by atoms with van der Waals surface area (Å²) in [5, 5.41) is 16.2. The molecule has 0 spiro atoms. The molecule has 2 rings (SSSR count). The topological polar surface area (TPSA) is 70.7 Å². The van der Waals surface area contributed by atoms with Crippen LogP contribution in [-0.2, 0) is 11.3 Å². The smallest absolute Gasteiger partial charge is 0.262 e. The van der Waals surface area contributed by atoms with Crippen molar-refractivity contribution in [2.75, 3.05) is 5.88 Å². The van der Waals surface area contributed by atoms with E-state index in [2.05, 4.69) is 10.4 Å². The van der Waals surface area contributed by atoms with Gasteiger partial charge in [-0.2, -0.15) is 10.4 Å². The van der Waals surface area contributed by atoms with E-state index < -0.39 is 5.91 Å². The molecule has 2 aromatic rings. The largest absolute Gasteiger partial charge is 0.345 e. The average Bonchev–Trinajstić information content (AvgIpc) is 3.01. The lowest BCUT2D eigenvalue weighted by molar-refractivity contribution is -0.117. The quantitative estimate of drug-likeness (QED) is 0.503. The van der Waals surface area contributed by atoms with Crippen LogP contribution in [0.15, 0.2) is 48.3 Å². The summed E-state index contributed by atoms with van der Waals surface area (Å²) < 4.78 is 1.67. The Balaban J connectivity index is 2.09. The Morgan fingerprint density at radius 3 is 2.87 bits per heavy atom. The molecule has 6 heteroatoms. The maximum atomic E-state index is 12.2. The van der Waals surface area contributed by atoms with Gasteiger partial charge in [0.15, 0.2) is 0 Å². The van der Waals surface area contributed by atoms with E-state index in [1.807, 2.05) is 43.3 Å². The van der Waals surface area contributed by atoms with Gasteiger partial charge in [-0.15, -0.1) is 11.6 Å². The highest BCUT2D eigenvalue weighted by Gasteiger charge is 2.14. The van der Waals surface area contributed by atoms with Crippen LogP contribution in [0.1, 0.15) is 24.1 Å². The van der Waals surface area contributed by atoms with Crippen molar-refractivity contribution in [3.05, 3.63) is 59.4 Å². The summed E-state index contributed by atoms with van der Waals surface area (Å²) in [6.45, 7) is 2.45. The van der Waals surface area contributed by atoms with E-state index in [1.165, 1.54) is 6.08 Å². The third-order valence-electron chi connectivity index (χ3n) is 3.29. The number of rotatable bonds is 6. The molecule has 1 amide bonds. The fourth-order valence-corrected chi connectivity index (χ4v) is 2.25. The third-order valence-corrected chi connectivity index (χ3v) is 3.46. The highest BCUT2D eigenvalue weighted by molar-refractivity contribution is 6.17. The Labute approximate surface area is 140 Å². The number of hydrogen-bond acceptors (Lipinski definition) is 3. The molecule has 1 atom stereocenters. The summed E-state index contributed by atoms with van der Waals surface area (Å²) >= 11 is 5.65. The number of alkyl halides is 1. The molecule has 1 heterocycles. The van der Waals surface area contributed by atoms with Crippen LogP contribution in [0.25, 0.3) is 6.08 Å². The van der Waals surface area contributed by atoms with Crippen molar-refractivity contribution in [2.24, 2.45) is 0 Å². The number of nitrogens with zero attached hydrogens (tertiary/aromatic N) is 3. The van der Waals surface area contributed by atoms with Gasteiger partial charge in [-0.25, -0.2) is 0 Å². The maximum Gasteiger partial charge on any atom is 0.262 e. The summed E-state index contributed by atoms with van der Waals surface area (Å²) in [7, 11) is 0. The second kappa shape index (κ2) is 8.16. The number of amides is 1. The van der Waals surface area contributed by atoms with Gasteiger partial charge in [0, 0.05) is 17.6 Å². The summed E-state index contributed by atoms with van der Waals surface area (Å²) in [6, 6.07) is 11.3. The first kappa shape index (κ1) is 16.8. The van der Waals surface area contributed by atoms with E-state index in [9.17, 15) is 10.1 Å². The Morgan fingerprint density at radius 2 is 2.22 bits per heavy atom. The minimum absolute atomic E-state index is 0.0400. The number of carbonyl (C=O) groups excluding carboxylic acids is 1. The van der Waals surface area contributed by atoms with Gasteiger partial charge in [-0.3, -0.25) is 9.48 Å². The highest BCUT2D eigenvalue weighted by atomic mass is 35.5. The molecule has 0 aliphatic carbocycles. The van der Waals surface area contributed by atoms with E-state index in [0.717, 1.165) is 5.56 Å². The number of carbonyl (C=O) groups is 1. The Hall–Kier alpha value is -2.58. The highest BCUT2D eigenvalue weighted by Crippen LogP contribution is 2.13. The zero-order valence-electron chi connectivity index (χ0n) is 12.7. The summed E-state index contributed by atoms with van der Waals surface area (Å²) in [5.41, 5.74) is 1.71. The van der Waals surface area contributed by atoms with Crippen molar-refractivity contribution in [2.45, 2.75) is 19.5 Å². The fourth-order valence-electron chi connectivity index (χ4n) is 2.08. The Bertz CT molecular complexity index is 731. The lowest BCUT2D eigenvalue weighted by Gasteiger charge is -2.13. The molecule has 23 heavy (non-hydrogen) atoms. The van der Waals surface area contributed by atoms with Gasteiger partial charge in [0.05, 0.1) is 18.8 Å². The molecular formula is C17H17ClN4O. The number of hydrogen-bond donors (Lipinski definition) is 1. The van der Waals surface area contributed by atoms with Gasteiger partial charge >= 0.3 is 0 Å². The monoisotopic (exact) mass is 328 g/mol. The Kier molecular flexibility index (Phi) is 5.95. The van der Waals surface area contributed by atoms with E-state index in [1.54, 1.807) is 17.1 Å². The molecule has 1 N–H and O–H groups in total. The Morgan fingerprint density at radius 1 is 1.48 bits per heavy atom. The molecule has 0 aliphatic rings. The second-order valence-corrected chi connectivity index (χ2v) is 5.38. The predicted octanol–water partition coefficient (Wildman–Crippen LogP) is 2.91. The van der Waals surface area contributed by atoms with Crippen molar-refractivity contribution in [1.82, 2.24) is 15.1 Å². The number of halogens is 1. The van der Waals surface area contributed by atoms with Crippen molar-refractivity contribution in [1.29, 1.82) is 5.26 Å². The van der Waals surface area contributed by atoms with Gasteiger partial charge in [0.25, 0.3) is 5.91 Å². The summed E-state index contributed by atoms with van der Waals surface area (Å²) in [4.78, 5) is 12.2. The first-order valence-electron chi connectivity index (χ1n) is 7.20. The summed E-state index contributed by atoms with van der Waals surface area (Å²) in [6.07, 6.45) is 4.86. The van der Waals surface area contributed by atoms with E-state index in [0.29, 0.717) is 18.0 Å². The zero-order valence-corrected chi connectivity index (χ0v) is 13.5.